The number of nitrogens with one attached hydrogen (secondary N) is 1. The number of aromatic nitrogens is 1. The molecule has 1 aromatic rings. The topological polar surface area (TPSA) is 128 Å². The van der Waals surface area contributed by atoms with Crippen molar-refractivity contribution in [2.75, 3.05) is 5.73 Å². The van der Waals surface area contributed by atoms with Gasteiger partial charge >= 0.3 is 0 Å². The summed E-state index contributed by atoms with van der Waals surface area (Å²) in [5.74, 6) is -0.584. The Hall–Kier alpha value is -1.67. The average molecular weight is 258 g/mol. The van der Waals surface area contributed by atoms with Crippen molar-refractivity contribution in [3.8, 4) is 0 Å². The Morgan fingerprint density at radius 1 is 1.59 bits per heavy atom. The molecule has 0 saturated heterocycles. The number of sulfonamides is 1. The lowest BCUT2D eigenvalue weighted by atomic mass is 10.2. The molecule has 5 N–H and O–H groups in total. The molecule has 0 aliphatic carbocycles. The minimum absolute atomic E-state index is 0.0839. The van der Waals surface area contributed by atoms with Gasteiger partial charge in [-0.15, -0.1) is 0 Å². The van der Waals surface area contributed by atoms with Crippen molar-refractivity contribution in [1.29, 1.82) is 0 Å². The fourth-order valence-electron chi connectivity index (χ4n) is 1.29. The van der Waals surface area contributed by atoms with Gasteiger partial charge in [0.05, 0.1) is 5.69 Å². The third kappa shape index (κ3) is 3.68. The number of anilines is 1. The molecule has 8 heteroatoms. The number of pyridine rings is 1. The van der Waals surface area contributed by atoms with E-state index in [0.29, 0.717) is 0 Å². The molecule has 0 fully saturated rings. The molecule has 0 bridgehead atoms. The van der Waals surface area contributed by atoms with Crippen LogP contribution < -0.4 is 16.2 Å². The molecule has 1 rings (SSSR count). The van der Waals surface area contributed by atoms with E-state index in [2.05, 4.69) is 9.71 Å². The van der Waals surface area contributed by atoms with E-state index in [1.807, 2.05) is 0 Å². The lowest BCUT2D eigenvalue weighted by Crippen LogP contribution is -2.36. The summed E-state index contributed by atoms with van der Waals surface area (Å²) in [4.78, 5) is 14.2. The second kappa shape index (κ2) is 5.11. The fourth-order valence-corrected chi connectivity index (χ4v) is 2.61. The molecule has 0 aliphatic rings. The maximum absolute atomic E-state index is 11.9. The van der Waals surface area contributed by atoms with Gasteiger partial charge in [0.2, 0.25) is 15.9 Å². The maximum Gasteiger partial charge on any atom is 0.244 e. The second-order valence-electron chi connectivity index (χ2n) is 3.61. The van der Waals surface area contributed by atoms with Gasteiger partial charge in [0.1, 0.15) is 4.90 Å². The van der Waals surface area contributed by atoms with Crippen LogP contribution in [0.15, 0.2) is 23.4 Å². The van der Waals surface area contributed by atoms with Crippen LogP contribution >= 0.6 is 0 Å². The molecular formula is C9H14N4O3S. The summed E-state index contributed by atoms with van der Waals surface area (Å²) in [6, 6.07) is 0.782. The lowest BCUT2D eigenvalue weighted by molar-refractivity contribution is -0.118. The van der Waals surface area contributed by atoms with Crippen molar-refractivity contribution < 1.29 is 13.2 Å². The van der Waals surface area contributed by atoms with Crippen LogP contribution in [0.5, 0.6) is 0 Å². The molecule has 94 valence electrons. The highest BCUT2D eigenvalue weighted by Gasteiger charge is 2.20. The summed E-state index contributed by atoms with van der Waals surface area (Å²) in [7, 11) is -3.78. The van der Waals surface area contributed by atoms with E-state index in [4.69, 9.17) is 11.5 Å². The van der Waals surface area contributed by atoms with E-state index < -0.39 is 22.0 Å². The summed E-state index contributed by atoms with van der Waals surface area (Å²) >= 11 is 0. The van der Waals surface area contributed by atoms with Crippen molar-refractivity contribution in [2.45, 2.75) is 24.3 Å². The normalized spacial score (nSPS) is 13.2. The number of nitrogens with zero attached hydrogens (tertiary/aromatic N) is 1. The summed E-state index contributed by atoms with van der Waals surface area (Å²) in [6.07, 6.45) is 2.45. The molecule has 1 heterocycles. The number of nitrogens with two attached hydrogens (primary N) is 2. The Kier molecular flexibility index (Phi) is 4.02. The number of carbonyl (C=O) groups excluding carboxylic acids is 1. The molecule has 1 unspecified atom stereocenters. The Labute approximate surface area is 99.3 Å². The van der Waals surface area contributed by atoms with Gasteiger partial charge in [-0.25, -0.2) is 13.1 Å². The van der Waals surface area contributed by atoms with Crippen molar-refractivity contribution in [3.05, 3.63) is 18.5 Å². The Balaban J connectivity index is 2.90. The Morgan fingerprint density at radius 3 is 2.76 bits per heavy atom. The maximum atomic E-state index is 11.9. The number of hydrogen-bond donors (Lipinski definition) is 3. The van der Waals surface area contributed by atoms with Crippen LogP contribution in [0.25, 0.3) is 0 Å². The smallest absolute Gasteiger partial charge is 0.244 e. The Bertz CT molecular complexity index is 515. The number of amides is 1. The largest absolute Gasteiger partial charge is 0.398 e. The van der Waals surface area contributed by atoms with Crippen LogP contribution in [-0.2, 0) is 14.8 Å². The minimum atomic E-state index is -3.78. The van der Waals surface area contributed by atoms with E-state index in [-0.39, 0.29) is 17.0 Å². The van der Waals surface area contributed by atoms with Gasteiger partial charge in [-0.05, 0) is 13.0 Å². The van der Waals surface area contributed by atoms with E-state index >= 15 is 0 Å². The quantitative estimate of drug-likeness (QED) is 0.637. The SMILES string of the molecule is CC(CC(N)=O)NS(=O)(=O)c1cnccc1N. The molecular weight excluding hydrogens is 244 g/mol. The molecule has 0 radical (unpaired) electrons. The molecule has 1 atom stereocenters. The molecule has 0 aliphatic heterocycles. The second-order valence-corrected chi connectivity index (χ2v) is 5.29. The highest BCUT2D eigenvalue weighted by Crippen LogP contribution is 2.16. The van der Waals surface area contributed by atoms with Crippen LogP contribution in [0.4, 0.5) is 5.69 Å². The first kappa shape index (κ1) is 13.4. The van der Waals surface area contributed by atoms with Gasteiger partial charge in [0, 0.05) is 24.9 Å². The summed E-state index contributed by atoms with van der Waals surface area (Å²) in [5.41, 5.74) is 10.6. The van der Waals surface area contributed by atoms with Crippen LogP contribution in [0.1, 0.15) is 13.3 Å². The molecule has 7 nitrogen and oxygen atoms in total. The van der Waals surface area contributed by atoms with Crippen molar-refractivity contribution in [1.82, 2.24) is 9.71 Å². The van der Waals surface area contributed by atoms with Gasteiger partial charge in [0.25, 0.3) is 0 Å². The predicted molar refractivity (Wildman–Crippen MR) is 62.2 cm³/mol. The molecule has 0 aromatic carbocycles. The molecule has 17 heavy (non-hydrogen) atoms. The van der Waals surface area contributed by atoms with E-state index in [1.165, 1.54) is 19.2 Å². The monoisotopic (exact) mass is 258 g/mol. The van der Waals surface area contributed by atoms with Gasteiger partial charge in [-0.3, -0.25) is 9.78 Å². The number of primary amides is 1. The number of hydrogen-bond acceptors (Lipinski definition) is 5. The number of rotatable bonds is 5. The van der Waals surface area contributed by atoms with Crippen molar-refractivity contribution >= 4 is 21.6 Å². The highest BCUT2D eigenvalue weighted by atomic mass is 32.2. The predicted octanol–water partition coefficient (Wildman–Crippen LogP) is -0.794. The van der Waals surface area contributed by atoms with Gasteiger partial charge < -0.3 is 11.5 Å². The number of carbonyl (C=O) groups is 1. The third-order valence-electron chi connectivity index (χ3n) is 1.97. The van der Waals surface area contributed by atoms with E-state index in [1.54, 1.807) is 0 Å². The zero-order valence-electron chi connectivity index (χ0n) is 9.25. The molecule has 0 spiro atoms. The van der Waals surface area contributed by atoms with Crippen LogP contribution in [0.3, 0.4) is 0 Å². The average Bonchev–Trinajstić information content (AvgIpc) is 2.15. The summed E-state index contributed by atoms with van der Waals surface area (Å²) in [5, 5.41) is 0. The van der Waals surface area contributed by atoms with E-state index in [0.717, 1.165) is 6.20 Å². The van der Waals surface area contributed by atoms with Crippen molar-refractivity contribution in [2.24, 2.45) is 5.73 Å². The standard InChI is InChI=1S/C9H14N4O3S/c1-6(4-9(11)14)13-17(15,16)8-5-12-3-2-7(8)10/h2-3,5-6,13H,4H2,1H3,(H2,10,12)(H2,11,14). The van der Waals surface area contributed by atoms with Crippen LogP contribution in [0.2, 0.25) is 0 Å². The minimum Gasteiger partial charge on any atom is -0.398 e. The first-order valence-electron chi connectivity index (χ1n) is 4.83. The molecule has 0 saturated carbocycles. The molecule has 1 amide bonds. The van der Waals surface area contributed by atoms with Gasteiger partial charge in [-0.1, -0.05) is 0 Å². The number of nitrogen functional groups attached to an aromatic ring is 1. The zero-order valence-corrected chi connectivity index (χ0v) is 10.1. The summed E-state index contributed by atoms with van der Waals surface area (Å²) < 4.78 is 26.0. The van der Waals surface area contributed by atoms with E-state index in [9.17, 15) is 13.2 Å². The zero-order chi connectivity index (χ0) is 13.1. The Morgan fingerprint density at radius 2 is 2.24 bits per heavy atom. The van der Waals surface area contributed by atoms with Gasteiger partial charge in [0.15, 0.2) is 0 Å². The fraction of sp³-hybridized carbons (Fsp3) is 0.333. The van der Waals surface area contributed by atoms with Gasteiger partial charge in [-0.2, -0.15) is 0 Å². The first-order chi connectivity index (χ1) is 7.83. The van der Waals surface area contributed by atoms with Crippen molar-refractivity contribution in [3.63, 3.8) is 0 Å². The summed E-state index contributed by atoms with van der Waals surface area (Å²) in [6.45, 7) is 1.54. The van der Waals surface area contributed by atoms with Crippen LogP contribution in [-0.4, -0.2) is 25.4 Å². The first-order valence-corrected chi connectivity index (χ1v) is 6.31. The third-order valence-corrected chi connectivity index (χ3v) is 3.60. The lowest BCUT2D eigenvalue weighted by Gasteiger charge is -2.13. The molecule has 1 aromatic heterocycles. The highest BCUT2D eigenvalue weighted by molar-refractivity contribution is 7.89. The van der Waals surface area contributed by atoms with Crippen LogP contribution in [0, 0.1) is 0 Å².